The number of fused-ring (bicyclic) bond motifs is 1. The quantitative estimate of drug-likeness (QED) is 0.701. The van der Waals surface area contributed by atoms with Gasteiger partial charge in [0.25, 0.3) is 5.91 Å². The van der Waals surface area contributed by atoms with Crippen LogP contribution in [0, 0.1) is 0 Å². The molecule has 0 fully saturated rings. The van der Waals surface area contributed by atoms with Crippen LogP contribution in [-0.4, -0.2) is 15.7 Å². The molecule has 0 aliphatic carbocycles. The van der Waals surface area contributed by atoms with E-state index in [9.17, 15) is 4.79 Å². The van der Waals surface area contributed by atoms with Crippen molar-refractivity contribution >= 4 is 51.2 Å². The number of carbonyl (C=O) groups excluding carboxylic acids is 1. The minimum Gasteiger partial charge on any atom is -0.397 e. The molecule has 0 bridgehead atoms. The second kappa shape index (κ2) is 6.60. The second-order valence-electron chi connectivity index (χ2n) is 5.53. The summed E-state index contributed by atoms with van der Waals surface area (Å²) in [6, 6.07) is 9.16. The summed E-state index contributed by atoms with van der Waals surface area (Å²) < 4.78 is 1.84. The first-order valence-corrected chi connectivity index (χ1v) is 7.91. The standard InChI is InChI=1S/C16H18N4OS.ClH/c1-9(2)14-10-8-13(22-16(10)20(3)19-14)15(21)18-12-7-5-4-6-11(12)17;/h4-9H,17H2,1-3H3,(H,18,21);1H. The highest BCUT2D eigenvalue weighted by molar-refractivity contribution is 7.20. The molecule has 3 aromatic rings. The summed E-state index contributed by atoms with van der Waals surface area (Å²) in [5.41, 5.74) is 8.07. The summed E-state index contributed by atoms with van der Waals surface area (Å²) in [4.78, 5) is 14.1. The van der Waals surface area contributed by atoms with Crippen molar-refractivity contribution in [1.82, 2.24) is 9.78 Å². The van der Waals surface area contributed by atoms with Crippen LogP contribution < -0.4 is 11.1 Å². The zero-order valence-corrected chi connectivity index (χ0v) is 14.8. The van der Waals surface area contributed by atoms with Crippen molar-refractivity contribution in [3.05, 3.63) is 40.9 Å². The number of thiophene rings is 1. The first-order valence-electron chi connectivity index (χ1n) is 7.09. The van der Waals surface area contributed by atoms with Gasteiger partial charge in [-0.25, -0.2) is 0 Å². The lowest BCUT2D eigenvalue weighted by molar-refractivity contribution is 0.103. The SMILES string of the molecule is CC(C)c1nn(C)c2sc(C(=O)Nc3ccccc3N)cc12.Cl. The van der Waals surface area contributed by atoms with E-state index in [1.165, 1.54) is 11.3 Å². The summed E-state index contributed by atoms with van der Waals surface area (Å²) in [5, 5.41) is 8.44. The molecular weight excluding hydrogens is 332 g/mol. The highest BCUT2D eigenvalue weighted by Crippen LogP contribution is 2.32. The van der Waals surface area contributed by atoms with E-state index in [2.05, 4.69) is 24.3 Å². The Morgan fingerprint density at radius 2 is 2.04 bits per heavy atom. The van der Waals surface area contributed by atoms with Crippen molar-refractivity contribution in [3.8, 4) is 0 Å². The third-order valence-electron chi connectivity index (χ3n) is 3.52. The van der Waals surface area contributed by atoms with E-state index in [0.29, 0.717) is 22.2 Å². The number of aromatic nitrogens is 2. The van der Waals surface area contributed by atoms with E-state index in [-0.39, 0.29) is 18.3 Å². The molecule has 122 valence electrons. The highest BCUT2D eigenvalue weighted by Gasteiger charge is 2.18. The average Bonchev–Trinajstić information content (AvgIpc) is 3.02. The predicted molar refractivity (Wildman–Crippen MR) is 98.7 cm³/mol. The Morgan fingerprint density at radius 1 is 1.35 bits per heavy atom. The lowest BCUT2D eigenvalue weighted by atomic mass is 10.1. The molecule has 3 rings (SSSR count). The van der Waals surface area contributed by atoms with Gasteiger partial charge in [-0.05, 0) is 24.1 Å². The van der Waals surface area contributed by atoms with Gasteiger partial charge in [0.05, 0.1) is 21.9 Å². The van der Waals surface area contributed by atoms with Crippen LogP contribution in [0.2, 0.25) is 0 Å². The highest BCUT2D eigenvalue weighted by atomic mass is 35.5. The van der Waals surface area contributed by atoms with E-state index in [1.54, 1.807) is 12.1 Å². The number of rotatable bonds is 3. The van der Waals surface area contributed by atoms with Gasteiger partial charge >= 0.3 is 0 Å². The van der Waals surface area contributed by atoms with Gasteiger partial charge in [-0.1, -0.05) is 26.0 Å². The minimum atomic E-state index is -0.145. The van der Waals surface area contributed by atoms with E-state index in [1.807, 2.05) is 29.9 Å². The molecular formula is C16H19ClN4OS. The average molecular weight is 351 g/mol. The summed E-state index contributed by atoms with van der Waals surface area (Å²) in [6.45, 7) is 4.20. The number of nitrogens with two attached hydrogens (primary N) is 1. The molecule has 0 spiro atoms. The molecule has 5 nitrogen and oxygen atoms in total. The van der Waals surface area contributed by atoms with Gasteiger partial charge in [0.2, 0.25) is 0 Å². The maximum Gasteiger partial charge on any atom is 0.265 e. The van der Waals surface area contributed by atoms with Crippen LogP contribution in [0.15, 0.2) is 30.3 Å². The number of amides is 1. The fraction of sp³-hybridized carbons (Fsp3) is 0.250. The number of hydrogen-bond acceptors (Lipinski definition) is 4. The summed E-state index contributed by atoms with van der Waals surface area (Å²) in [7, 11) is 1.90. The molecule has 0 aliphatic heterocycles. The number of carbonyl (C=O) groups is 1. The zero-order valence-electron chi connectivity index (χ0n) is 13.2. The van der Waals surface area contributed by atoms with Crippen LogP contribution in [0.1, 0.15) is 35.1 Å². The minimum absolute atomic E-state index is 0. The monoisotopic (exact) mass is 350 g/mol. The molecule has 0 saturated carbocycles. The van der Waals surface area contributed by atoms with E-state index in [4.69, 9.17) is 5.73 Å². The number of nitrogen functional groups attached to an aromatic ring is 1. The van der Waals surface area contributed by atoms with Gasteiger partial charge < -0.3 is 11.1 Å². The first-order chi connectivity index (χ1) is 10.5. The van der Waals surface area contributed by atoms with Crippen molar-refractivity contribution < 1.29 is 4.79 Å². The Bertz CT molecular complexity index is 853. The van der Waals surface area contributed by atoms with Gasteiger partial charge in [0.15, 0.2) is 0 Å². The molecule has 1 aromatic carbocycles. The third kappa shape index (κ3) is 3.18. The lowest BCUT2D eigenvalue weighted by Gasteiger charge is -2.06. The Morgan fingerprint density at radius 3 is 2.70 bits per heavy atom. The molecule has 0 atom stereocenters. The number of hydrogen-bond donors (Lipinski definition) is 2. The molecule has 23 heavy (non-hydrogen) atoms. The number of anilines is 2. The molecule has 0 saturated heterocycles. The second-order valence-corrected chi connectivity index (χ2v) is 6.57. The number of aryl methyl sites for hydroxylation is 1. The van der Waals surface area contributed by atoms with Gasteiger partial charge in [-0.15, -0.1) is 23.7 Å². The normalized spacial score (nSPS) is 10.8. The van der Waals surface area contributed by atoms with Crippen LogP contribution >= 0.6 is 23.7 Å². The van der Waals surface area contributed by atoms with Crippen molar-refractivity contribution in [2.45, 2.75) is 19.8 Å². The number of nitrogens with one attached hydrogen (secondary N) is 1. The predicted octanol–water partition coefficient (Wildman–Crippen LogP) is 4.01. The van der Waals surface area contributed by atoms with Crippen LogP contribution in [0.25, 0.3) is 10.2 Å². The van der Waals surface area contributed by atoms with Crippen molar-refractivity contribution in [1.29, 1.82) is 0 Å². The van der Waals surface area contributed by atoms with Crippen molar-refractivity contribution in [2.24, 2.45) is 7.05 Å². The summed E-state index contributed by atoms with van der Waals surface area (Å²) in [5.74, 6) is 0.174. The first kappa shape index (κ1) is 17.3. The van der Waals surface area contributed by atoms with Gasteiger partial charge in [0, 0.05) is 12.4 Å². The maximum atomic E-state index is 12.4. The fourth-order valence-corrected chi connectivity index (χ4v) is 3.37. The summed E-state index contributed by atoms with van der Waals surface area (Å²) >= 11 is 1.44. The van der Waals surface area contributed by atoms with E-state index in [0.717, 1.165) is 15.9 Å². The third-order valence-corrected chi connectivity index (χ3v) is 4.72. The summed E-state index contributed by atoms with van der Waals surface area (Å²) in [6.07, 6.45) is 0. The molecule has 0 aliphatic rings. The Kier molecular flexibility index (Phi) is 4.97. The Hall–Kier alpha value is -2.05. The van der Waals surface area contributed by atoms with E-state index < -0.39 is 0 Å². The molecule has 0 unspecified atom stereocenters. The van der Waals surface area contributed by atoms with Gasteiger partial charge in [-0.3, -0.25) is 9.48 Å². The molecule has 2 heterocycles. The molecule has 0 radical (unpaired) electrons. The largest absolute Gasteiger partial charge is 0.397 e. The van der Waals surface area contributed by atoms with E-state index >= 15 is 0 Å². The molecule has 7 heteroatoms. The Balaban J connectivity index is 0.00000192. The Labute approximate surface area is 144 Å². The molecule has 1 amide bonds. The van der Waals surface area contributed by atoms with Crippen molar-refractivity contribution in [3.63, 3.8) is 0 Å². The smallest absolute Gasteiger partial charge is 0.265 e. The number of benzene rings is 1. The maximum absolute atomic E-state index is 12.4. The van der Waals surface area contributed by atoms with Crippen LogP contribution in [0.3, 0.4) is 0 Å². The van der Waals surface area contributed by atoms with Gasteiger partial charge in [-0.2, -0.15) is 5.10 Å². The van der Waals surface area contributed by atoms with Gasteiger partial charge in [0.1, 0.15) is 4.83 Å². The number of halogens is 1. The van der Waals surface area contributed by atoms with Crippen LogP contribution in [0.4, 0.5) is 11.4 Å². The zero-order chi connectivity index (χ0) is 15.9. The topological polar surface area (TPSA) is 72.9 Å². The van der Waals surface area contributed by atoms with Crippen LogP contribution in [-0.2, 0) is 7.05 Å². The molecule has 3 N–H and O–H groups in total. The number of nitrogens with zero attached hydrogens (tertiary/aromatic N) is 2. The number of para-hydroxylation sites is 2. The molecule has 2 aromatic heterocycles. The lowest BCUT2D eigenvalue weighted by Crippen LogP contribution is -2.11. The fourth-order valence-electron chi connectivity index (χ4n) is 2.40. The van der Waals surface area contributed by atoms with Crippen molar-refractivity contribution in [2.75, 3.05) is 11.1 Å². The van der Waals surface area contributed by atoms with Crippen LogP contribution in [0.5, 0.6) is 0 Å².